The number of carboxylic acid groups (broad SMARTS) is 1. The molecular formula is C13H13ClN2O5. The highest BCUT2D eigenvalue weighted by molar-refractivity contribution is 6.34. The number of likely N-dealkylation sites (tertiary alicyclic amines) is 1. The van der Waals surface area contributed by atoms with Gasteiger partial charge in [-0.25, -0.2) is 4.79 Å². The number of aliphatic carboxylic acids is 1. The number of nitro benzene ring substituents is 1. The van der Waals surface area contributed by atoms with Gasteiger partial charge in [0.1, 0.15) is 6.04 Å². The molecule has 0 bridgehead atoms. The summed E-state index contributed by atoms with van der Waals surface area (Å²) in [6.07, 6.45) is 1.86. The number of non-ortho nitro benzene ring substituents is 1. The van der Waals surface area contributed by atoms with Crippen LogP contribution in [0.4, 0.5) is 5.69 Å². The minimum atomic E-state index is -1.05. The van der Waals surface area contributed by atoms with E-state index >= 15 is 0 Å². The van der Waals surface area contributed by atoms with Crippen LogP contribution in [0.25, 0.3) is 0 Å². The zero-order chi connectivity index (χ0) is 15.6. The Kier molecular flexibility index (Phi) is 4.42. The Hall–Kier alpha value is -2.15. The van der Waals surface area contributed by atoms with E-state index in [0.717, 1.165) is 18.9 Å². The molecule has 1 aromatic rings. The van der Waals surface area contributed by atoms with Crippen LogP contribution in [0.15, 0.2) is 18.2 Å². The van der Waals surface area contributed by atoms with Crippen LogP contribution in [-0.2, 0) is 4.79 Å². The summed E-state index contributed by atoms with van der Waals surface area (Å²) in [5.74, 6) is -1.57. The summed E-state index contributed by atoms with van der Waals surface area (Å²) >= 11 is 5.92. The fraction of sp³-hybridized carbons (Fsp3) is 0.385. The molecule has 1 unspecified atom stereocenters. The first kappa shape index (κ1) is 15.2. The maximum atomic E-state index is 12.4. The molecule has 1 heterocycles. The molecule has 1 N–H and O–H groups in total. The van der Waals surface area contributed by atoms with Crippen LogP contribution >= 0.6 is 11.6 Å². The predicted molar refractivity (Wildman–Crippen MR) is 74.4 cm³/mol. The summed E-state index contributed by atoms with van der Waals surface area (Å²) in [6.45, 7) is 0.336. The third kappa shape index (κ3) is 3.13. The maximum absolute atomic E-state index is 12.4. The number of rotatable bonds is 3. The van der Waals surface area contributed by atoms with Crippen LogP contribution in [0.2, 0.25) is 5.02 Å². The van der Waals surface area contributed by atoms with Gasteiger partial charge >= 0.3 is 5.97 Å². The fourth-order valence-corrected chi connectivity index (χ4v) is 2.63. The van der Waals surface area contributed by atoms with Crippen molar-refractivity contribution in [2.75, 3.05) is 6.54 Å². The highest BCUT2D eigenvalue weighted by Gasteiger charge is 2.33. The standard InChI is InChI=1S/C13H13ClN2O5/c14-10-7-8(16(20)21)4-5-9(10)12(17)15-6-2-1-3-11(15)13(18)19/h4-5,7,11H,1-3,6H2,(H,18,19). The van der Waals surface area contributed by atoms with Gasteiger partial charge in [-0.15, -0.1) is 0 Å². The number of carboxylic acids is 1. The van der Waals surface area contributed by atoms with E-state index in [4.69, 9.17) is 11.6 Å². The number of nitrogens with zero attached hydrogens (tertiary/aromatic N) is 2. The molecule has 0 aliphatic carbocycles. The lowest BCUT2D eigenvalue weighted by atomic mass is 10.0. The van der Waals surface area contributed by atoms with Gasteiger partial charge in [-0.1, -0.05) is 11.6 Å². The highest BCUT2D eigenvalue weighted by Crippen LogP contribution is 2.26. The van der Waals surface area contributed by atoms with E-state index in [-0.39, 0.29) is 16.3 Å². The Balaban J connectivity index is 2.30. The third-order valence-corrected chi connectivity index (χ3v) is 3.76. The molecule has 112 valence electrons. The summed E-state index contributed by atoms with van der Waals surface area (Å²) in [5, 5.41) is 19.8. The van der Waals surface area contributed by atoms with Gasteiger partial charge in [-0.05, 0) is 25.3 Å². The zero-order valence-corrected chi connectivity index (χ0v) is 11.7. The molecule has 1 aliphatic rings. The van der Waals surface area contributed by atoms with E-state index in [9.17, 15) is 24.8 Å². The number of nitro groups is 1. The van der Waals surface area contributed by atoms with Gasteiger partial charge < -0.3 is 10.0 Å². The molecule has 0 spiro atoms. The van der Waals surface area contributed by atoms with Crippen molar-refractivity contribution < 1.29 is 19.6 Å². The van der Waals surface area contributed by atoms with Crippen LogP contribution in [0, 0.1) is 10.1 Å². The van der Waals surface area contributed by atoms with Gasteiger partial charge in [-0.2, -0.15) is 0 Å². The van der Waals surface area contributed by atoms with Crippen LogP contribution in [0.1, 0.15) is 29.6 Å². The van der Waals surface area contributed by atoms with Crippen molar-refractivity contribution in [3.05, 3.63) is 38.9 Å². The quantitative estimate of drug-likeness (QED) is 0.682. The van der Waals surface area contributed by atoms with E-state index in [0.29, 0.717) is 13.0 Å². The Bertz CT molecular complexity index is 604. The third-order valence-electron chi connectivity index (χ3n) is 3.44. The van der Waals surface area contributed by atoms with Crippen molar-refractivity contribution >= 4 is 29.2 Å². The first-order valence-corrected chi connectivity index (χ1v) is 6.77. The van der Waals surface area contributed by atoms with Crippen molar-refractivity contribution in [1.29, 1.82) is 0 Å². The lowest BCUT2D eigenvalue weighted by Gasteiger charge is -2.33. The molecule has 2 rings (SSSR count). The van der Waals surface area contributed by atoms with E-state index < -0.39 is 22.8 Å². The van der Waals surface area contributed by atoms with Crippen LogP contribution in [0.5, 0.6) is 0 Å². The molecule has 0 saturated carbocycles. The highest BCUT2D eigenvalue weighted by atomic mass is 35.5. The Morgan fingerprint density at radius 3 is 2.67 bits per heavy atom. The predicted octanol–water partition coefficient (Wildman–Crippen LogP) is 2.33. The number of benzene rings is 1. The Morgan fingerprint density at radius 1 is 1.38 bits per heavy atom. The first-order chi connectivity index (χ1) is 9.91. The van der Waals surface area contributed by atoms with Gasteiger partial charge in [0.2, 0.25) is 0 Å². The van der Waals surface area contributed by atoms with E-state index in [1.165, 1.54) is 17.0 Å². The second kappa shape index (κ2) is 6.09. The van der Waals surface area contributed by atoms with Gasteiger partial charge in [0, 0.05) is 18.7 Å². The molecule has 0 aromatic heterocycles. The minimum absolute atomic E-state index is 0.0519. The average Bonchev–Trinajstić information content (AvgIpc) is 2.46. The summed E-state index contributed by atoms with van der Waals surface area (Å²) in [7, 11) is 0. The molecule has 8 heteroatoms. The van der Waals surface area contributed by atoms with Crippen molar-refractivity contribution in [2.45, 2.75) is 25.3 Å². The number of halogens is 1. The average molecular weight is 313 g/mol. The number of hydrogen-bond donors (Lipinski definition) is 1. The fourth-order valence-electron chi connectivity index (χ4n) is 2.38. The summed E-state index contributed by atoms with van der Waals surface area (Å²) < 4.78 is 0. The van der Waals surface area contributed by atoms with Gasteiger partial charge in [-0.3, -0.25) is 14.9 Å². The van der Waals surface area contributed by atoms with E-state index in [2.05, 4.69) is 0 Å². The Morgan fingerprint density at radius 2 is 2.10 bits per heavy atom. The van der Waals surface area contributed by atoms with Gasteiger partial charge in [0.15, 0.2) is 0 Å². The lowest BCUT2D eigenvalue weighted by molar-refractivity contribution is -0.384. The molecule has 1 aromatic carbocycles. The molecule has 1 fully saturated rings. The number of piperidine rings is 1. The topological polar surface area (TPSA) is 101 Å². The first-order valence-electron chi connectivity index (χ1n) is 6.39. The largest absolute Gasteiger partial charge is 0.480 e. The van der Waals surface area contributed by atoms with Crippen molar-refractivity contribution in [3.8, 4) is 0 Å². The summed E-state index contributed by atoms with van der Waals surface area (Å²) in [4.78, 5) is 34.9. The van der Waals surface area contributed by atoms with Crippen molar-refractivity contribution in [2.24, 2.45) is 0 Å². The molecule has 1 aliphatic heterocycles. The van der Waals surface area contributed by atoms with Crippen molar-refractivity contribution in [1.82, 2.24) is 4.90 Å². The molecule has 1 saturated heterocycles. The van der Waals surface area contributed by atoms with E-state index in [1.54, 1.807) is 0 Å². The Labute approximate surface area is 125 Å². The molecule has 1 amide bonds. The summed E-state index contributed by atoms with van der Waals surface area (Å²) in [6, 6.07) is 2.65. The SMILES string of the molecule is O=C(O)C1CCCCN1C(=O)c1ccc([N+](=O)[O-])cc1Cl. The lowest BCUT2D eigenvalue weighted by Crippen LogP contribution is -2.48. The molecular weight excluding hydrogens is 300 g/mol. The van der Waals surface area contributed by atoms with Gasteiger partial charge in [0.25, 0.3) is 11.6 Å². The van der Waals surface area contributed by atoms with Gasteiger partial charge in [0.05, 0.1) is 15.5 Å². The van der Waals surface area contributed by atoms with Crippen molar-refractivity contribution in [3.63, 3.8) is 0 Å². The summed E-state index contributed by atoms with van der Waals surface area (Å²) in [5.41, 5.74) is -0.139. The molecule has 7 nitrogen and oxygen atoms in total. The molecule has 21 heavy (non-hydrogen) atoms. The maximum Gasteiger partial charge on any atom is 0.326 e. The smallest absolute Gasteiger partial charge is 0.326 e. The second-order valence-corrected chi connectivity index (χ2v) is 5.18. The van der Waals surface area contributed by atoms with E-state index in [1.807, 2.05) is 0 Å². The normalized spacial score (nSPS) is 18.3. The second-order valence-electron chi connectivity index (χ2n) is 4.77. The number of carbonyl (C=O) groups excluding carboxylic acids is 1. The number of amides is 1. The van der Waals surface area contributed by atoms with Crippen LogP contribution < -0.4 is 0 Å². The molecule has 0 radical (unpaired) electrons. The zero-order valence-electron chi connectivity index (χ0n) is 11.0. The minimum Gasteiger partial charge on any atom is -0.480 e. The monoisotopic (exact) mass is 312 g/mol. The molecule has 1 atom stereocenters. The van der Waals surface area contributed by atoms with Crippen LogP contribution in [-0.4, -0.2) is 39.4 Å². The number of hydrogen-bond acceptors (Lipinski definition) is 4. The number of carbonyl (C=O) groups is 2. The van der Waals surface area contributed by atoms with Crippen LogP contribution in [0.3, 0.4) is 0 Å².